The fraction of sp³-hybridized carbons (Fsp3) is 1.00. The molecular weight excluding hydrogens is 238 g/mol. The van der Waals surface area contributed by atoms with Crippen LogP contribution in [0.4, 0.5) is 0 Å². The van der Waals surface area contributed by atoms with Gasteiger partial charge in [0, 0.05) is 19.8 Å². The lowest BCUT2D eigenvalue weighted by Gasteiger charge is -2.38. The zero-order valence-corrected chi connectivity index (χ0v) is 14.3. The van der Waals surface area contributed by atoms with Crippen LogP contribution in [-0.2, 0) is 9.47 Å². The van der Waals surface area contributed by atoms with E-state index in [0.29, 0.717) is 6.04 Å². The average Bonchev–Trinajstić information content (AvgIpc) is 2.30. The van der Waals surface area contributed by atoms with Crippen molar-refractivity contribution in [2.45, 2.75) is 79.1 Å². The molecule has 0 fully saturated rings. The van der Waals surface area contributed by atoms with Crippen molar-refractivity contribution in [2.24, 2.45) is 5.41 Å². The number of hydrogen-bond donors (Lipinski definition) is 1. The van der Waals surface area contributed by atoms with Crippen LogP contribution >= 0.6 is 0 Å². The summed E-state index contributed by atoms with van der Waals surface area (Å²) >= 11 is 0. The monoisotopic (exact) mass is 273 g/mol. The van der Waals surface area contributed by atoms with E-state index in [2.05, 4.69) is 53.8 Å². The van der Waals surface area contributed by atoms with Gasteiger partial charge in [-0.05, 0) is 45.6 Å². The number of rotatable bonds is 9. The first-order valence-corrected chi connectivity index (χ1v) is 7.58. The largest absolute Gasteiger partial charge is 0.379 e. The first-order valence-electron chi connectivity index (χ1n) is 7.58. The molecule has 19 heavy (non-hydrogen) atoms. The number of ether oxygens (including phenoxy) is 2. The van der Waals surface area contributed by atoms with Gasteiger partial charge in [0.2, 0.25) is 0 Å². The maximum atomic E-state index is 6.02. The lowest BCUT2D eigenvalue weighted by Crippen LogP contribution is -2.49. The number of hydrogen-bond acceptors (Lipinski definition) is 3. The Morgan fingerprint density at radius 1 is 1.05 bits per heavy atom. The lowest BCUT2D eigenvalue weighted by atomic mass is 9.81. The van der Waals surface area contributed by atoms with Crippen LogP contribution in [-0.4, -0.2) is 38.0 Å². The van der Waals surface area contributed by atoms with Crippen LogP contribution in [0.15, 0.2) is 0 Å². The van der Waals surface area contributed by atoms with E-state index < -0.39 is 0 Å². The molecule has 0 spiro atoms. The first-order chi connectivity index (χ1) is 8.68. The molecule has 2 unspecified atom stereocenters. The highest BCUT2D eigenvalue weighted by Gasteiger charge is 2.33. The van der Waals surface area contributed by atoms with Crippen LogP contribution in [0, 0.1) is 5.41 Å². The minimum absolute atomic E-state index is 0.0671. The molecule has 0 heterocycles. The van der Waals surface area contributed by atoms with Crippen LogP contribution < -0.4 is 5.32 Å². The molecule has 0 aromatic heterocycles. The third-order valence-corrected chi connectivity index (χ3v) is 3.64. The van der Waals surface area contributed by atoms with Gasteiger partial charge in [0.05, 0.1) is 11.7 Å². The smallest absolute Gasteiger partial charge is 0.0775 e. The van der Waals surface area contributed by atoms with Gasteiger partial charge in [-0.3, -0.25) is 0 Å². The molecule has 0 amide bonds. The Morgan fingerprint density at radius 2 is 1.63 bits per heavy atom. The molecule has 3 nitrogen and oxygen atoms in total. The van der Waals surface area contributed by atoms with Crippen LogP contribution in [0.1, 0.15) is 61.3 Å². The number of likely N-dealkylation sites (N-methyl/N-ethyl adjacent to an activating group) is 1. The Balaban J connectivity index is 4.75. The molecule has 0 aromatic carbocycles. The van der Waals surface area contributed by atoms with Gasteiger partial charge in [0.15, 0.2) is 0 Å². The van der Waals surface area contributed by atoms with E-state index in [9.17, 15) is 0 Å². The lowest BCUT2D eigenvalue weighted by molar-refractivity contribution is -0.0460. The topological polar surface area (TPSA) is 30.5 Å². The fourth-order valence-electron chi connectivity index (χ4n) is 2.38. The Labute approximate surface area is 120 Å². The summed E-state index contributed by atoms with van der Waals surface area (Å²) in [6.45, 7) is 17.0. The van der Waals surface area contributed by atoms with Gasteiger partial charge in [-0.1, -0.05) is 27.7 Å². The van der Waals surface area contributed by atoms with Crippen molar-refractivity contribution in [3.63, 3.8) is 0 Å². The standard InChI is InChI=1S/C16H35NO2/c1-9-17-13(11-12-16(6,7)18-8)14(19-10-2)15(3,4)5/h13-14,17H,9-12H2,1-8H3. The highest BCUT2D eigenvalue weighted by molar-refractivity contribution is 4.87. The molecule has 0 aliphatic heterocycles. The minimum Gasteiger partial charge on any atom is -0.379 e. The molecule has 0 saturated carbocycles. The van der Waals surface area contributed by atoms with Gasteiger partial charge in [-0.2, -0.15) is 0 Å². The summed E-state index contributed by atoms with van der Waals surface area (Å²) in [6, 6.07) is 0.374. The van der Waals surface area contributed by atoms with E-state index in [1.807, 2.05) is 0 Å². The highest BCUT2D eigenvalue weighted by Crippen LogP contribution is 2.28. The van der Waals surface area contributed by atoms with Crippen molar-refractivity contribution in [3.05, 3.63) is 0 Å². The fourth-order valence-corrected chi connectivity index (χ4v) is 2.38. The van der Waals surface area contributed by atoms with E-state index >= 15 is 0 Å². The predicted molar refractivity (Wildman–Crippen MR) is 82.7 cm³/mol. The molecule has 116 valence electrons. The minimum atomic E-state index is -0.0671. The second-order valence-corrected chi connectivity index (χ2v) is 6.91. The second kappa shape index (κ2) is 8.23. The number of nitrogens with one attached hydrogen (secondary N) is 1. The van der Waals surface area contributed by atoms with E-state index in [1.54, 1.807) is 7.11 Å². The summed E-state index contributed by atoms with van der Waals surface area (Å²) in [7, 11) is 1.78. The first kappa shape index (κ1) is 18.9. The van der Waals surface area contributed by atoms with E-state index in [-0.39, 0.29) is 17.1 Å². The third-order valence-electron chi connectivity index (χ3n) is 3.64. The normalized spacial score (nSPS) is 16.4. The Morgan fingerprint density at radius 3 is 2.00 bits per heavy atom. The molecule has 0 rings (SSSR count). The molecule has 3 heteroatoms. The van der Waals surface area contributed by atoms with Gasteiger partial charge in [0.1, 0.15) is 0 Å². The van der Waals surface area contributed by atoms with E-state index in [4.69, 9.17) is 9.47 Å². The Bertz CT molecular complexity index is 233. The van der Waals surface area contributed by atoms with Gasteiger partial charge in [-0.25, -0.2) is 0 Å². The Kier molecular flexibility index (Phi) is 8.18. The van der Waals surface area contributed by atoms with Crippen molar-refractivity contribution < 1.29 is 9.47 Å². The summed E-state index contributed by atoms with van der Waals surface area (Å²) in [5.41, 5.74) is 0.0718. The maximum Gasteiger partial charge on any atom is 0.0775 e. The van der Waals surface area contributed by atoms with Crippen LogP contribution in [0.25, 0.3) is 0 Å². The molecule has 0 bridgehead atoms. The Hall–Kier alpha value is -0.120. The van der Waals surface area contributed by atoms with Crippen molar-refractivity contribution >= 4 is 0 Å². The average molecular weight is 273 g/mol. The van der Waals surface area contributed by atoms with Crippen LogP contribution in [0.2, 0.25) is 0 Å². The molecule has 0 saturated heterocycles. The SMILES string of the molecule is CCNC(CCC(C)(C)OC)C(OCC)C(C)(C)C. The third kappa shape index (κ3) is 7.28. The molecular formula is C16H35NO2. The molecule has 0 aromatic rings. The van der Waals surface area contributed by atoms with Gasteiger partial charge < -0.3 is 14.8 Å². The molecule has 1 N–H and O–H groups in total. The molecule has 2 atom stereocenters. The van der Waals surface area contributed by atoms with E-state index in [1.165, 1.54) is 0 Å². The van der Waals surface area contributed by atoms with Crippen molar-refractivity contribution in [1.29, 1.82) is 0 Å². The van der Waals surface area contributed by atoms with Crippen LogP contribution in [0.3, 0.4) is 0 Å². The summed E-state index contributed by atoms with van der Waals surface area (Å²) < 4.78 is 11.5. The number of methoxy groups -OCH3 is 1. The van der Waals surface area contributed by atoms with Gasteiger partial charge in [0.25, 0.3) is 0 Å². The highest BCUT2D eigenvalue weighted by atomic mass is 16.5. The van der Waals surface area contributed by atoms with Gasteiger partial charge >= 0.3 is 0 Å². The molecule has 0 radical (unpaired) electrons. The summed E-state index contributed by atoms with van der Waals surface area (Å²) in [4.78, 5) is 0. The quantitative estimate of drug-likeness (QED) is 0.696. The second-order valence-electron chi connectivity index (χ2n) is 6.91. The summed E-state index contributed by atoms with van der Waals surface area (Å²) in [5, 5.41) is 3.59. The van der Waals surface area contributed by atoms with Gasteiger partial charge in [-0.15, -0.1) is 0 Å². The van der Waals surface area contributed by atoms with E-state index in [0.717, 1.165) is 26.0 Å². The van der Waals surface area contributed by atoms with Crippen molar-refractivity contribution in [1.82, 2.24) is 5.32 Å². The van der Waals surface area contributed by atoms with Crippen molar-refractivity contribution in [3.8, 4) is 0 Å². The predicted octanol–water partition coefficient (Wildman–Crippen LogP) is 3.62. The summed E-state index contributed by atoms with van der Waals surface area (Å²) in [6.07, 6.45) is 2.32. The molecule has 0 aliphatic carbocycles. The maximum absolute atomic E-state index is 6.02. The van der Waals surface area contributed by atoms with Crippen molar-refractivity contribution in [2.75, 3.05) is 20.3 Å². The van der Waals surface area contributed by atoms with Crippen LogP contribution in [0.5, 0.6) is 0 Å². The summed E-state index contributed by atoms with van der Waals surface area (Å²) in [5.74, 6) is 0. The zero-order valence-electron chi connectivity index (χ0n) is 14.3. The zero-order chi connectivity index (χ0) is 15.1. The molecule has 0 aliphatic rings.